The molecule has 0 spiro atoms. The van der Waals surface area contributed by atoms with Gasteiger partial charge in [0.05, 0.1) is 12.4 Å². The zero-order chi connectivity index (χ0) is 20.0. The van der Waals surface area contributed by atoms with E-state index >= 15 is 0 Å². The zero-order valence-corrected chi connectivity index (χ0v) is 15.0. The fourth-order valence-electron chi connectivity index (χ4n) is 2.94. The van der Waals surface area contributed by atoms with E-state index in [-0.39, 0.29) is 6.42 Å². The number of aromatic amines is 1. The number of aromatic nitrogens is 2. The molecule has 0 saturated carbocycles. The maximum Gasteiger partial charge on any atom is 0.322 e. The number of nitrogens with zero attached hydrogens (tertiary/aromatic N) is 2. The standard InChI is InChI=1S/C16H24N6O5/c1-9(21-14(25)11(17)5-10-6-18-8-20-10)16(27)22-4-2-3-12(22)15(26)19-7-13(23)24/h6,8-9,11-12H,2-5,7,17H2,1H3,(H,18,20)(H,19,26)(H,21,25)(H,23,24). The summed E-state index contributed by atoms with van der Waals surface area (Å²) < 4.78 is 0. The van der Waals surface area contributed by atoms with Crippen LogP contribution in [-0.2, 0) is 25.6 Å². The van der Waals surface area contributed by atoms with Crippen molar-refractivity contribution in [2.75, 3.05) is 13.1 Å². The summed E-state index contributed by atoms with van der Waals surface area (Å²) >= 11 is 0. The summed E-state index contributed by atoms with van der Waals surface area (Å²) in [5.41, 5.74) is 6.55. The normalized spacial score (nSPS) is 18.6. The molecular formula is C16H24N6O5. The number of amides is 3. The van der Waals surface area contributed by atoms with Gasteiger partial charge in [-0.15, -0.1) is 0 Å². The van der Waals surface area contributed by atoms with Crippen LogP contribution in [0.3, 0.4) is 0 Å². The van der Waals surface area contributed by atoms with Gasteiger partial charge in [0.25, 0.3) is 0 Å². The molecule has 3 amide bonds. The van der Waals surface area contributed by atoms with Gasteiger partial charge in [0, 0.05) is 24.9 Å². The number of likely N-dealkylation sites (tertiary alicyclic amines) is 1. The van der Waals surface area contributed by atoms with Crippen LogP contribution in [0.2, 0.25) is 0 Å². The summed E-state index contributed by atoms with van der Waals surface area (Å²) in [6.45, 7) is 1.38. The van der Waals surface area contributed by atoms with Crippen LogP contribution in [0.15, 0.2) is 12.5 Å². The van der Waals surface area contributed by atoms with Crippen LogP contribution in [0, 0.1) is 0 Å². The number of carboxylic acids is 1. The summed E-state index contributed by atoms with van der Waals surface area (Å²) in [5.74, 6) is -2.58. The van der Waals surface area contributed by atoms with Crippen molar-refractivity contribution in [3.63, 3.8) is 0 Å². The topological polar surface area (TPSA) is 171 Å². The number of aliphatic carboxylic acids is 1. The highest BCUT2D eigenvalue weighted by molar-refractivity contribution is 5.93. The van der Waals surface area contributed by atoms with Crippen molar-refractivity contribution >= 4 is 23.7 Å². The number of carbonyl (C=O) groups excluding carboxylic acids is 3. The van der Waals surface area contributed by atoms with Crippen molar-refractivity contribution in [2.24, 2.45) is 5.73 Å². The molecule has 2 heterocycles. The highest BCUT2D eigenvalue weighted by Crippen LogP contribution is 2.18. The number of rotatable bonds is 8. The van der Waals surface area contributed by atoms with E-state index in [1.807, 2.05) is 0 Å². The fourth-order valence-corrected chi connectivity index (χ4v) is 2.94. The van der Waals surface area contributed by atoms with Crippen molar-refractivity contribution in [3.05, 3.63) is 18.2 Å². The van der Waals surface area contributed by atoms with Gasteiger partial charge in [0.15, 0.2) is 0 Å². The first-order valence-corrected chi connectivity index (χ1v) is 8.62. The van der Waals surface area contributed by atoms with Crippen LogP contribution in [-0.4, -0.2) is 74.9 Å². The molecule has 11 nitrogen and oxygen atoms in total. The van der Waals surface area contributed by atoms with Crippen molar-refractivity contribution in [1.29, 1.82) is 0 Å². The highest BCUT2D eigenvalue weighted by Gasteiger charge is 2.36. The molecule has 27 heavy (non-hydrogen) atoms. The lowest BCUT2D eigenvalue weighted by Crippen LogP contribution is -2.55. The van der Waals surface area contributed by atoms with E-state index in [4.69, 9.17) is 10.8 Å². The average Bonchev–Trinajstić information content (AvgIpc) is 3.30. The molecule has 6 N–H and O–H groups in total. The third-order valence-corrected chi connectivity index (χ3v) is 4.31. The lowest BCUT2D eigenvalue weighted by molar-refractivity contribution is -0.142. The second kappa shape index (κ2) is 9.12. The Labute approximate surface area is 155 Å². The van der Waals surface area contributed by atoms with E-state index in [0.29, 0.717) is 25.1 Å². The third-order valence-electron chi connectivity index (χ3n) is 4.31. The first-order valence-electron chi connectivity index (χ1n) is 8.62. The third kappa shape index (κ3) is 5.51. The number of imidazole rings is 1. The Bertz CT molecular complexity index is 691. The molecule has 1 aromatic rings. The first kappa shape index (κ1) is 20.4. The van der Waals surface area contributed by atoms with Gasteiger partial charge in [-0.3, -0.25) is 19.2 Å². The lowest BCUT2D eigenvalue weighted by Gasteiger charge is -2.27. The molecule has 3 unspecified atom stereocenters. The van der Waals surface area contributed by atoms with E-state index in [9.17, 15) is 19.2 Å². The number of nitrogens with one attached hydrogen (secondary N) is 3. The molecule has 3 atom stereocenters. The molecule has 2 rings (SSSR count). The van der Waals surface area contributed by atoms with Crippen LogP contribution < -0.4 is 16.4 Å². The number of hydrogen-bond donors (Lipinski definition) is 5. The molecule has 1 fully saturated rings. The number of H-pyrrole nitrogens is 1. The molecule has 0 radical (unpaired) electrons. The summed E-state index contributed by atoms with van der Waals surface area (Å²) in [6, 6.07) is -2.46. The van der Waals surface area contributed by atoms with Crippen molar-refractivity contribution in [3.8, 4) is 0 Å². The van der Waals surface area contributed by atoms with Crippen molar-refractivity contribution < 1.29 is 24.3 Å². The molecule has 0 aliphatic carbocycles. The fraction of sp³-hybridized carbons (Fsp3) is 0.562. The Morgan fingerprint density at radius 3 is 2.81 bits per heavy atom. The number of carboxylic acid groups (broad SMARTS) is 1. The largest absolute Gasteiger partial charge is 0.480 e. The summed E-state index contributed by atoms with van der Waals surface area (Å²) in [4.78, 5) is 55.6. The molecule has 11 heteroatoms. The molecule has 0 bridgehead atoms. The Morgan fingerprint density at radius 2 is 2.19 bits per heavy atom. The Kier molecular flexibility index (Phi) is 6.88. The number of nitrogens with two attached hydrogens (primary N) is 1. The van der Waals surface area contributed by atoms with E-state index in [2.05, 4.69) is 20.6 Å². The van der Waals surface area contributed by atoms with Gasteiger partial charge in [-0.05, 0) is 19.8 Å². The second-order valence-corrected chi connectivity index (χ2v) is 6.42. The Morgan fingerprint density at radius 1 is 1.44 bits per heavy atom. The molecule has 1 aliphatic heterocycles. The molecule has 1 aromatic heterocycles. The van der Waals surface area contributed by atoms with Gasteiger partial charge < -0.3 is 31.4 Å². The first-order chi connectivity index (χ1) is 12.8. The van der Waals surface area contributed by atoms with Crippen LogP contribution in [0.1, 0.15) is 25.5 Å². The van der Waals surface area contributed by atoms with E-state index in [0.717, 1.165) is 0 Å². The summed E-state index contributed by atoms with van der Waals surface area (Å²) in [6.07, 6.45) is 4.35. The molecule has 148 valence electrons. The molecule has 1 saturated heterocycles. The quantitative estimate of drug-likeness (QED) is 0.346. The smallest absolute Gasteiger partial charge is 0.322 e. The van der Waals surface area contributed by atoms with E-state index < -0.39 is 48.4 Å². The monoisotopic (exact) mass is 380 g/mol. The Balaban J connectivity index is 1.89. The van der Waals surface area contributed by atoms with Gasteiger partial charge in [-0.25, -0.2) is 4.98 Å². The molecule has 1 aliphatic rings. The number of carbonyl (C=O) groups is 4. The number of hydrogen-bond acceptors (Lipinski definition) is 6. The van der Waals surface area contributed by atoms with Crippen molar-refractivity contribution in [1.82, 2.24) is 25.5 Å². The second-order valence-electron chi connectivity index (χ2n) is 6.42. The van der Waals surface area contributed by atoms with Crippen LogP contribution in [0.5, 0.6) is 0 Å². The minimum Gasteiger partial charge on any atom is -0.480 e. The summed E-state index contributed by atoms with van der Waals surface area (Å²) in [7, 11) is 0. The highest BCUT2D eigenvalue weighted by atomic mass is 16.4. The average molecular weight is 380 g/mol. The zero-order valence-electron chi connectivity index (χ0n) is 15.0. The minimum absolute atomic E-state index is 0.247. The summed E-state index contributed by atoms with van der Waals surface area (Å²) in [5, 5.41) is 13.5. The van der Waals surface area contributed by atoms with Crippen molar-refractivity contribution in [2.45, 2.75) is 44.3 Å². The molecule has 0 aromatic carbocycles. The van der Waals surface area contributed by atoms with Crippen LogP contribution >= 0.6 is 0 Å². The maximum absolute atomic E-state index is 12.6. The van der Waals surface area contributed by atoms with Gasteiger partial charge in [-0.1, -0.05) is 0 Å². The van der Waals surface area contributed by atoms with Gasteiger partial charge in [-0.2, -0.15) is 0 Å². The Hall–Kier alpha value is -2.95. The molecular weight excluding hydrogens is 356 g/mol. The predicted octanol–water partition coefficient (Wildman–Crippen LogP) is -2.02. The van der Waals surface area contributed by atoms with Crippen LogP contribution in [0.25, 0.3) is 0 Å². The van der Waals surface area contributed by atoms with Gasteiger partial charge in [0.1, 0.15) is 18.6 Å². The van der Waals surface area contributed by atoms with Crippen LogP contribution in [0.4, 0.5) is 0 Å². The SMILES string of the molecule is CC(NC(=O)C(N)Cc1cnc[nH]1)C(=O)N1CCCC1C(=O)NCC(=O)O. The lowest BCUT2D eigenvalue weighted by atomic mass is 10.1. The predicted molar refractivity (Wildman–Crippen MR) is 93.3 cm³/mol. The van der Waals surface area contributed by atoms with Gasteiger partial charge in [0.2, 0.25) is 17.7 Å². The maximum atomic E-state index is 12.6. The van der Waals surface area contributed by atoms with E-state index in [1.165, 1.54) is 18.2 Å². The van der Waals surface area contributed by atoms with E-state index in [1.54, 1.807) is 6.20 Å². The van der Waals surface area contributed by atoms with Gasteiger partial charge >= 0.3 is 5.97 Å². The minimum atomic E-state index is -1.16.